The van der Waals surface area contributed by atoms with Crippen LogP contribution < -0.4 is 0 Å². The summed E-state index contributed by atoms with van der Waals surface area (Å²) in [7, 11) is 0. The Morgan fingerprint density at radius 3 is 2.42 bits per heavy atom. The number of fused-ring (bicyclic) bond motifs is 5. The van der Waals surface area contributed by atoms with E-state index in [1.54, 1.807) is 5.57 Å². The molecule has 2 nitrogen and oxygen atoms in total. The van der Waals surface area contributed by atoms with Gasteiger partial charge in [-0.2, -0.15) is 0 Å². The van der Waals surface area contributed by atoms with Crippen molar-refractivity contribution in [2.45, 2.75) is 124 Å². The van der Waals surface area contributed by atoms with Crippen LogP contribution in [0.1, 0.15) is 113 Å². The van der Waals surface area contributed by atoms with Crippen LogP contribution in [0.25, 0.3) is 0 Å². The zero-order valence-corrected chi connectivity index (χ0v) is 21.5. The molecule has 0 amide bonds. The van der Waals surface area contributed by atoms with Crippen LogP contribution in [0.3, 0.4) is 0 Å². The lowest BCUT2D eigenvalue weighted by Crippen LogP contribution is -2.54. The molecule has 0 aromatic carbocycles. The molecule has 0 spiro atoms. The molecule has 178 valence electrons. The fraction of sp³-hybridized carbons (Fsp3) is 0.931. The SMILES string of the molecule is C[C@H](CCCC(C)(C)O)[C@H]1CC[C@H]2[C@@H]3CC=C4C(C)(C)C(O)CC[C@]4(C)[C@H]3CC[C@]12C. The van der Waals surface area contributed by atoms with Crippen molar-refractivity contribution >= 4 is 0 Å². The molecular weight excluding hydrogens is 380 g/mol. The first-order valence-electron chi connectivity index (χ1n) is 13.4. The molecule has 0 saturated heterocycles. The molecule has 0 aromatic rings. The summed E-state index contributed by atoms with van der Waals surface area (Å²) >= 11 is 0. The van der Waals surface area contributed by atoms with Gasteiger partial charge in [-0.1, -0.05) is 59.1 Å². The first kappa shape index (κ1) is 23.8. The summed E-state index contributed by atoms with van der Waals surface area (Å²) in [5.41, 5.74) is 1.79. The highest BCUT2D eigenvalue weighted by Gasteiger charge is 2.61. The minimum Gasteiger partial charge on any atom is -0.392 e. The second kappa shape index (κ2) is 7.86. The second-order valence-corrected chi connectivity index (χ2v) is 13.8. The van der Waals surface area contributed by atoms with Gasteiger partial charge in [-0.05, 0) is 106 Å². The van der Waals surface area contributed by atoms with Crippen LogP contribution in [0, 0.1) is 45.8 Å². The zero-order chi connectivity index (χ0) is 22.8. The highest BCUT2D eigenvalue weighted by Crippen LogP contribution is 2.68. The van der Waals surface area contributed by atoms with Crippen molar-refractivity contribution in [3.8, 4) is 0 Å². The van der Waals surface area contributed by atoms with E-state index in [1.807, 2.05) is 13.8 Å². The maximum absolute atomic E-state index is 10.7. The topological polar surface area (TPSA) is 40.5 Å². The van der Waals surface area contributed by atoms with E-state index in [4.69, 9.17) is 0 Å². The molecule has 1 unspecified atom stereocenters. The number of hydrogen-bond acceptors (Lipinski definition) is 2. The van der Waals surface area contributed by atoms with E-state index in [9.17, 15) is 10.2 Å². The van der Waals surface area contributed by atoms with E-state index in [0.717, 1.165) is 48.9 Å². The first-order chi connectivity index (χ1) is 14.3. The standard InChI is InChI=1S/C29H50O2/c1-19(9-8-16-26(2,3)31)21-11-12-22-20-10-13-24-27(4,5)25(30)15-18-29(24,7)23(20)14-17-28(21,22)6/h13,19-23,25,30-31H,8-12,14-18H2,1-7H3/t19-,20+,21-,22+,23+,25?,28-,29-/m1/s1. The van der Waals surface area contributed by atoms with Crippen LogP contribution in [0.4, 0.5) is 0 Å². The highest BCUT2D eigenvalue weighted by atomic mass is 16.3. The Morgan fingerprint density at radius 1 is 1.03 bits per heavy atom. The Kier molecular flexibility index (Phi) is 6.04. The number of aliphatic hydroxyl groups is 2. The van der Waals surface area contributed by atoms with Crippen LogP contribution >= 0.6 is 0 Å². The van der Waals surface area contributed by atoms with Crippen molar-refractivity contribution in [1.82, 2.24) is 0 Å². The van der Waals surface area contributed by atoms with Crippen molar-refractivity contribution < 1.29 is 10.2 Å². The van der Waals surface area contributed by atoms with Crippen LogP contribution in [0.15, 0.2) is 11.6 Å². The summed E-state index contributed by atoms with van der Waals surface area (Å²) in [6, 6.07) is 0. The van der Waals surface area contributed by atoms with Crippen LogP contribution in [-0.4, -0.2) is 21.9 Å². The van der Waals surface area contributed by atoms with Gasteiger partial charge in [-0.15, -0.1) is 0 Å². The quantitative estimate of drug-likeness (QED) is 0.455. The van der Waals surface area contributed by atoms with E-state index >= 15 is 0 Å². The number of aliphatic hydroxyl groups excluding tert-OH is 1. The molecule has 2 N–H and O–H groups in total. The lowest BCUT2D eigenvalue weighted by Gasteiger charge is -2.61. The first-order valence-corrected chi connectivity index (χ1v) is 13.4. The van der Waals surface area contributed by atoms with E-state index in [1.165, 1.54) is 44.9 Å². The van der Waals surface area contributed by atoms with Gasteiger partial charge in [0, 0.05) is 5.41 Å². The fourth-order valence-corrected chi connectivity index (χ4v) is 9.42. The van der Waals surface area contributed by atoms with Gasteiger partial charge in [-0.3, -0.25) is 0 Å². The van der Waals surface area contributed by atoms with Gasteiger partial charge in [-0.25, -0.2) is 0 Å². The zero-order valence-electron chi connectivity index (χ0n) is 21.5. The summed E-state index contributed by atoms with van der Waals surface area (Å²) < 4.78 is 0. The normalized spacial score (nSPS) is 45.3. The molecule has 3 fully saturated rings. The largest absolute Gasteiger partial charge is 0.392 e. The van der Waals surface area contributed by atoms with Crippen molar-refractivity contribution in [1.29, 1.82) is 0 Å². The predicted molar refractivity (Wildman–Crippen MR) is 130 cm³/mol. The predicted octanol–water partition coefficient (Wildman–Crippen LogP) is 7.14. The molecule has 0 radical (unpaired) electrons. The highest BCUT2D eigenvalue weighted by molar-refractivity contribution is 5.31. The number of hydrogen-bond donors (Lipinski definition) is 2. The van der Waals surface area contributed by atoms with E-state index < -0.39 is 5.60 Å². The van der Waals surface area contributed by atoms with Gasteiger partial charge in [0.25, 0.3) is 0 Å². The molecule has 0 aromatic heterocycles. The Labute approximate surface area is 192 Å². The lowest BCUT2D eigenvalue weighted by atomic mass is 9.44. The van der Waals surface area contributed by atoms with Crippen LogP contribution in [0.5, 0.6) is 0 Å². The number of rotatable bonds is 5. The molecular formula is C29H50O2. The Hall–Kier alpha value is -0.340. The molecule has 0 bridgehead atoms. The van der Waals surface area contributed by atoms with E-state index in [2.05, 4.69) is 40.7 Å². The molecule has 3 saturated carbocycles. The molecule has 31 heavy (non-hydrogen) atoms. The molecule has 0 aliphatic heterocycles. The lowest BCUT2D eigenvalue weighted by molar-refractivity contribution is -0.0783. The summed E-state index contributed by atoms with van der Waals surface area (Å²) in [6.07, 6.45) is 14.7. The number of allylic oxidation sites excluding steroid dienone is 1. The Morgan fingerprint density at radius 2 is 1.74 bits per heavy atom. The summed E-state index contributed by atoms with van der Waals surface area (Å²) in [4.78, 5) is 0. The summed E-state index contributed by atoms with van der Waals surface area (Å²) in [5.74, 6) is 4.14. The third kappa shape index (κ3) is 3.86. The molecule has 2 heteroatoms. The van der Waals surface area contributed by atoms with Gasteiger partial charge in [0.2, 0.25) is 0 Å². The minimum atomic E-state index is -0.525. The van der Waals surface area contributed by atoms with Crippen molar-refractivity contribution in [2.24, 2.45) is 45.8 Å². The molecule has 4 rings (SSSR count). The molecule has 4 aliphatic rings. The van der Waals surface area contributed by atoms with Crippen molar-refractivity contribution in [2.75, 3.05) is 0 Å². The van der Waals surface area contributed by atoms with Gasteiger partial charge < -0.3 is 10.2 Å². The maximum atomic E-state index is 10.7. The third-order valence-corrected chi connectivity index (χ3v) is 11.1. The third-order valence-electron chi connectivity index (χ3n) is 11.1. The fourth-order valence-electron chi connectivity index (χ4n) is 9.42. The molecule has 4 aliphatic carbocycles. The maximum Gasteiger partial charge on any atom is 0.0628 e. The molecule has 0 heterocycles. The minimum absolute atomic E-state index is 0.0636. The van der Waals surface area contributed by atoms with Crippen LogP contribution in [0.2, 0.25) is 0 Å². The second-order valence-electron chi connectivity index (χ2n) is 13.8. The van der Waals surface area contributed by atoms with Gasteiger partial charge in [0.1, 0.15) is 0 Å². The monoisotopic (exact) mass is 430 g/mol. The van der Waals surface area contributed by atoms with Gasteiger partial charge >= 0.3 is 0 Å². The smallest absolute Gasteiger partial charge is 0.0628 e. The molecule has 8 atom stereocenters. The van der Waals surface area contributed by atoms with Crippen molar-refractivity contribution in [3.63, 3.8) is 0 Å². The average molecular weight is 431 g/mol. The van der Waals surface area contributed by atoms with E-state index in [0.29, 0.717) is 10.8 Å². The van der Waals surface area contributed by atoms with E-state index in [-0.39, 0.29) is 11.5 Å². The summed E-state index contributed by atoms with van der Waals surface area (Å²) in [5, 5.41) is 20.9. The average Bonchev–Trinajstić information content (AvgIpc) is 3.01. The van der Waals surface area contributed by atoms with Gasteiger partial charge in [0.05, 0.1) is 11.7 Å². The summed E-state index contributed by atoms with van der Waals surface area (Å²) in [6.45, 7) is 16.2. The van der Waals surface area contributed by atoms with Crippen molar-refractivity contribution in [3.05, 3.63) is 11.6 Å². The van der Waals surface area contributed by atoms with Gasteiger partial charge in [0.15, 0.2) is 0 Å². The van der Waals surface area contributed by atoms with Crippen LogP contribution in [-0.2, 0) is 0 Å². The Balaban J connectivity index is 1.52. The Bertz CT molecular complexity index is 700.